The molecule has 3 heterocycles. The van der Waals surface area contributed by atoms with Gasteiger partial charge in [0, 0.05) is 57.1 Å². The molecule has 1 amide bonds. The van der Waals surface area contributed by atoms with Crippen LogP contribution in [0.25, 0.3) is 21.8 Å². The number of carbonyl (C=O) groups excluding carboxylic acids is 1. The molecule has 7 rings (SSSR count). The number of nitrogens with two attached hydrogens (primary N) is 1. The molecular weight excluding hydrogens is 703 g/mol. The van der Waals surface area contributed by atoms with E-state index < -0.39 is 0 Å². The van der Waals surface area contributed by atoms with Gasteiger partial charge in [0.15, 0.2) is 0 Å². The van der Waals surface area contributed by atoms with Crippen molar-refractivity contribution in [2.45, 2.75) is 19.4 Å². The quantitative estimate of drug-likeness (QED) is 0.118. The molecule has 0 unspecified atom stereocenters. The van der Waals surface area contributed by atoms with Crippen LogP contribution in [0.1, 0.15) is 22.5 Å². The summed E-state index contributed by atoms with van der Waals surface area (Å²) in [5, 5.41) is 9.95. The number of fused-ring (bicyclic) bond motifs is 2. The molecule has 12 heteroatoms. The number of nitrogens with zero attached hydrogens (tertiary/aromatic N) is 6. The summed E-state index contributed by atoms with van der Waals surface area (Å²) in [5.41, 5.74) is 11.4. The van der Waals surface area contributed by atoms with E-state index in [1.54, 1.807) is 0 Å². The van der Waals surface area contributed by atoms with Crippen LogP contribution in [0.4, 0.5) is 11.5 Å². The number of piperazine rings is 1. The van der Waals surface area contributed by atoms with E-state index in [2.05, 4.69) is 73.9 Å². The fourth-order valence-corrected chi connectivity index (χ4v) is 6.61. The Hall–Kier alpha value is -4.67. The predicted molar refractivity (Wildman–Crippen MR) is 215 cm³/mol. The highest BCUT2D eigenvalue weighted by atomic mass is 35.5. The number of nitrogen functional groups attached to an aromatic ring is 1. The van der Waals surface area contributed by atoms with Crippen LogP contribution in [0.5, 0.6) is 0 Å². The first kappa shape index (κ1) is 39.1. The fraction of sp³-hybridized carbons (Fsp3) is 0.231. The van der Waals surface area contributed by atoms with E-state index >= 15 is 0 Å². The van der Waals surface area contributed by atoms with Gasteiger partial charge in [-0.2, -0.15) is 0 Å². The maximum Gasteiger partial charge on any atom is 0.241 e. The number of pyridine rings is 1. The van der Waals surface area contributed by atoms with Crippen molar-refractivity contribution in [2.75, 3.05) is 42.5 Å². The summed E-state index contributed by atoms with van der Waals surface area (Å²) in [6.45, 7) is 4.06. The lowest BCUT2D eigenvalue weighted by Crippen LogP contribution is -2.50. The van der Waals surface area contributed by atoms with Crippen molar-refractivity contribution in [3.8, 4) is 0 Å². The maximum absolute atomic E-state index is 14.2. The molecule has 3 N–H and O–H groups in total. The smallest absolute Gasteiger partial charge is 0.241 e. The van der Waals surface area contributed by atoms with E-state index in [0.29, 0.717) is 13.1 Å². The van der Waals surface area contributed by atoms with Gasteiger partial charge in [-0.05, 0) is 58.7 Å². The second-order valence-corrected chi connectivity index (χ2v) is 12.4. The highest BCUT2D eigenvalue weighted by Crippen LogP contribution is 2.27. The lowest BCUT2D eigenvalue weighted by Gasteiger charge is -2.36. The lowest BCUT2D eigenvalue weighted by atomic mass is 10.0. The summed E-state index contributed by atoms with van der Waals surface area (Å²) in [4.78, 5) is 30.2. The summed E-state index contributed by atoms with van der Waals surface area (Å²) in [5.74, 6) is 2.10. The van der Waals surface area contributed by atoms with Crippen molar-refractivity contribution in [2.24, 2.45) is 12.8 Å². The van der Waals surface area contributed by atoms with Gasteiger partial charge in [-0.3, -0.25) is 15.1 Å². The Morgan fingerprint density at radius 1 is 0.843 bits per heavy atom. The summed E-state index contributed by atoms with van der Waals surface area (Å²) >= 11 is 0. The summed E-state index contributed by atoms with van der Waals surface area (Å²) in [6, 6.07) is 34.7. The van der Waals surface area contributed by atoms with E-state index in [0.717, 1.165) is 89.3 Å². The fourth-order valence-electron chi connectivity index (χ4n) is 6.61. The van der Waals surface area contributed by atoms with Crippen LogP contribution >= 0.6 is 37.2 Å². The van der Waals surface area contributed by atoms with Crippen molar-refractivity contribution in [1.82, 2.24) is 19.4 Å². The van der Waals surface area contributed by atoms with E-state index in [9.17, 15) is 4.79 Å². The number of amidine groups is 1. The molecule has 0 aliphatic carbocycles. The van der Waals surface area contributed by atoms with Crippen LogP contribution in [0.3, 0.4) is 0 Å². The molecule has 1 fully saturated rings. The first-order valence-electron chi connectivity index (χ1n) is 16.5. The Labute approximate surface area is 317 Å². The van der Waals surface area contributed by atoms with Gasteiger partial charge in [-0.15, -0.1) is 37.2 Å². The minimum atomic E-state index is 0. The Bertz CT molecular complexity index is 2080. The maximum atomic E-state index is 14.2. The molecular formula is C39H43Cl3N8O. The molecule has 51 heavy (non-hydrogen) atoms. The first-order chi connectivity index (χ1) is 23.4. The summed E-state index contributed by atoms with van der Waals surface area (Å²) < 4.78 is 2.14. The van der Waals surface area contributed by atoms with Crippen LogP contribution in [0, 0.1) is 5.41 Å². The standard InChI is InChI=1S/C39H40N8O.3ClH/c1-44-35-18-17-32(25-34(35)43-37(44)19-14-28-12-15-30(16-13-28)39(40)41)47(26-31-9-6-8-29-7-2-3-10-33(29)31)38(48)27-45-21-23-46(24-22-45)36-11-4-5-20-42-36;;;/h2-13,15-18,20,25H,14,19,21-24,26-27H2,1H3,(H3,40,41);3*1H. The van der Waals surface area contributed by atoms with E-state index in [4.69, 9.17) is 16.1 Å². The molecule has 0 atom stereocenters. The minimum absolute atomic E-state index is 0. The van der Waals surface area contributed by atoms with Crippen molar-refractivity contribution in [3.05, 3.63) is 132 Å². The van der Waals surface area contributed by atoms with Gasteiger partial charge in [-0.1, -0.05) is 72.8 Å². The number of rotatable bonds is 10. The van der Waals surface area contributed by atoms with Gasteiger partial charge in [0.25, 0.3) is 0 Å². The van der Waals surface area contributed by atoms with Gasteiger partial charge >= 0.3 is 0 Å². The molecule has 1 aliphatic rings. The third kappa shape index (κ3) is 8.80. The highest BCUT2D eigenvalue weighted by molar-refractivity contribution is 5.98. The Kier molecular flexibility index (Phi) is 13.4. The zero-order valence-corrected chi connectivity index (χ0v) is 30.9. The number of benzene rings is 4. The number of carbonyl (C=O) groups is 1. The number of anilines is 2. The molecule has 9 nitrogen and oxygen atoms in total. The van der Waals surface area contributed by atoms with Crippen molar-refractivity contribution in [1.29, 1.82) is 5.41 Å². The van der Waals surface area contributed by atoms with Crippen molar-refractivity contribution >= 4 is 82.3 Å². The number of hydrogen-bond acceptors (Lipinski definition) is 6. The van der Waals surface area contributed by atoms with E-state index in [-0.39, 0.29) is 49.0 Å². The van der Waals surface area contributed by atoms with Crippen molar-refractivity contribution < 1.29 is 4.79 Å². The van der Waals surface area contributed by atoms with E-state index in [1.165, 1.54) is 5.56 Å². The lowest BCUT2D eigenvalue weighted by molar-refractivity contribution is -0.120. The second kappa shape index (κ2) is 17.5. The topological polar surface area (TPSA) is 107 Å². The Morgan fingerprint density at radius 2 is 1.57 bits per heavy atom. The van der Waals surface area contributed by atoms with E-state index in [1.807, 2.05) is 66.7 Å². The molecule has 2 aromatic heterocycles. The van der Waals surface area contributed by atoms with Crippen LogP contribution in [0.2, 0.25) is 0 Å². The molecule has 266 valence electrons. The van der Waals surface area contributed by atoms with Crippen molar-refractivity contribution in [3.63, 3.8) is 0 Å². The monoisotopic (exact) mass is 744 g/mol. The predicted octanol–water partition coefficient (Wildman–Crippen LogP) is 6.81. The molecule has 0 saturated carbocycles. The molecule has 4 aromatic carbocycles. The number of nitrogens with one attached hydrogen (secondary N) is 1. The van der Waals surface area contributed by atoms with Crippen LogP contribution in [-0.2, 0) is 31.2 Å². The van der Waals surface area contributed by atoms with Gasteiger partial charge < -0.3 is 20.1 Å². The molecule has 1 saturated heterocycles. The number of amides is 1. The largest absolute Gasteiger partial charge is 0.384 e. The SMILES string of the molecule is Cl.Cl.Cl.Cn1c(CCc2ccc(C(=N)N)cc2)nc2cc(N(Cc3cccc4ccccc34)C(=O)CN3CCN(c4ccccn4)CC3)ccc21. The summed E-state index contributed by atoms with van der Waals surface area (Å²) in [7, 11) is 2.05. The normalized spacial score (nSPS) is 12.8. The number of hydrogen-bond donors (Lipinski definition) is 2. The number of aromatic nitrogens is 3. The second-order valence-electron chi connectivity index (χ2n) is 12.4. The number of aryl methyl sites for hydroxylation is 3. The Morgan fingerprint density at radius 3 is 2.29 bits per heavy atom. The number of imidazole rings is 1. The molecule has 1 aliphatic heterocycles. The average molecular weight is 746 g/mol. The van der Waals surface area contributed by atoms with Gasteiger partial charge in [0.05, 0.1) is 24.1 Å². The van der Waals surface area contributed by atoms with Gasteiger partial charge in [0.2, 0.25) is 5.91 Å². The number of halogens is 3. The summed E-state index contributed by atoms with van der Waals surface area (Å²) in [6.07, 6.45) is 3.41. The molecule has 6 aromatic rings. The third-order valence-electron chi connectivity index (χ3n) is 9.38. The van der Waals surface area contributed by atoms with Gasteiger partial charge in [-0.25, -0.2) is 9.97 Å². The Balaban J connectivity index is 0.00000194. The van der Waals surface area contributed by atoms with Gasteiger partial charge in [0.1, 0.15) is 17.5 Å². The zero-order valence-electron chi connectivity index (χ0n) is 28.4. The molecule has 0 spiro atoms. The average Bonchev–Trinajstić information content (AvgIpc) is 3.44. The highest BCUT2D eigenvalue weighted by Gasteiger charge is 2.25. The van der Waals surface area contributed by atoms with Crippen LogP contribution < -0.4 is 15.5 Å². The van der Waals surface area contributed by atoms with Crippen LogP contribution in [0.15, 0.2) is 109 Å². The zero-order chi connectivity index (χ0) is 33.0. The molecule has 0 radical (unpaired) electrons. The molecule has 0 bridgehead atoms. The minimum Gasteiger partial charge on any atom is -0.384 e. The first-order valence-corrected chi connectivity index (χ1v) is 16.5. The third-order valence-corrected chi connectivity index (χ3v) is 9.38. The van der Waals surface area contributed by atoms with Crippen LogP contribution in [-0.4, -0.2) is 63.9 Å².